The SMILES string of the molecule is C1CC2C3CCC(C3)C2C1.C=C(C)C(=O)OCC.C=C(C)C(=O)OCC.C=C(C)C(=O)OCCCCCCCCCCOC(=O)C(=C)C.C=C(C)COCOC(=O)C(=C)C.C=C(C)COCOc1ccc(C(C)(C)c2ccc(OCC(=O)C(=C)C)cc2)cc1.C=C(C)COOCCOC(=O)C(=C)C. The van der Waals surface area contributed by atoms with Crippen molar-refractivity contribution in [2.75, 3.05) is 79.7 Å². The Morgan fingerprint density at radius 2 is 0.709 bits per heavy atom. The molecule has 4 atom stereocenters. The van der Waals surface area contributed by atoms with Gasteiger partial charge in [-0.1, -0.05) is 166 Å². The molecule has 19 nitrogen and oxygen atoms in total. The Kier molecular flexibility index (Phi) is 53.8. The number of hydrogen-bond donors (Lipinski definition) is 0. The molecule has 19 heteroatoms. The summed E-state index contributed by atoms with van der Waals surface area (Å²) >= 11 is 0. The van der Waals surface area contributed by atoms with Gasteiger partial charge in [0.2, 0.25) is 0 Å². The van der Waals surface area contributed by atoms with E-state index in [2.05, 4.69) is 106 Å². The average molecular weight is 1440 g/mol. The summed E-state index contributed by atoms with van der Waals surface area (Å²) in [5, 5.41) is 0. The first-order chi connectivity index (χ1) is 48.5. The quantitative estimate of drug-likeness (QED) is 0.00882. The molecule has 5 rings (SSSR count). The number of esters is 6. The molecule has 0 aliphatic heterocycles. The maximum atomic E-state index is 11.6. The van der Waals surface area contributed by atoms with E-state index in [0.717, 1.165) is 66.6 Å². The zero-order valence-corrected chi connectivity index (χ0v) is 65.1. The smallest absolute Gasteiger partial charge is 0.335 e. The van der Waals surface area contributed by atoms with Crippen LogP contribution in [-0.2, 0) is 86.6 Å². The van der Waals surface area contributed by atoms with E-state index in [-0.39, 0.29) is 68.5 Å². The third-order valence-electron chi connectivity index (χ3n) is 15.6. The van der Waals surface area contributed by atoms with E-state index >= 15 is 0 Å². The Morgan fingerprint density at radius 3 is 1.06 bits per heavy atom. The largest absolute Gasteiger partial charge is 0.485 e. The number of unbranched alkanes of at least 4 members (excludes halogenated alkanes) is 7. The molecule has 3 saturated carbocycles. The standard InChI is InChI=1S/C25H30O4.C18H30O4.C10H16O4.C10H16.C9H14O3.2C6H10O2/c1-18(2)15-27-17-29-23-13-9-21(10-14-23)25(5,6)20-7-11-22(12-8-20)28-16-24(26)19(3)4;1-15(2)17(19)21-13-11-9-7-5-6-8-10-12-14-22-18(20)16(3)4;1-8(2)7-14-13-6-5-12-10(11)9(3)4;1-2-9-7-4-5-8(6-7)10(9)3-1;1-7(2)5-11-6-12-9(10)8(3)4;2*1-4-8-6(7)5(2)3/h7-14H,1,3,15-17H2,2,4-6H3;1,3,5-14H2,2,4H3;1,3,5-7H2,2,4H3;7-10H,1-6H2;1,3,5-6H2,2,4H3;2*2,4H2,1,3H3. The minimum Gasteiger partial charge on any atom is -0.485 e. The van der Waals surface area contributed by atoms with Gasteiger partial charge in [-0.3, -0.25) is 4.79 Å². The van der Waals surface area contributed by atoms with Crippen molar-refractivity contribution in [1.82, 2.24) is 0 Å². The lowest BCUT2D eigenvalue weighted by atomic mass is 9.78. The van der Waals surface area contributed by atoms with Crippen molar-refractivity contribution < 1.29 is 90.7 Å². The van der Waals surface area contributed by atoms with E-state index in [0.29, 0.717) is 91.0 Å². The lowest BCUT2D eigenvalue weighted by molar-refractivity contribution is -0.291. The first-order valence-corrected chi connectivity index (χ1v) is 35.5. The first kappa shape index (κ1) is 96.8. The number of rotatable bonds is 40. The topological polar surface area (TPSA) is 230 Å². The zero-order valence-electron chi connectivity index (χ0n) is 65.1. The predicted octanol–water partition coefficient (Wildman–Crippen LogP) is 18.2. The van der Waals surface area contributed by atoms with E-state index in [4.69, 9.17) is 42.9 Å². The van der Waals surface area contributed by atoms with Crippen molar-refractivity contribution in [3.05, 3.63) is 181 Å². The summed E-state index contributed by atoms with van der Waals surface area (Å²) in [6.07, 6.45) is 18.2. The average Bonchev–Trinajstić information content (AvgIpc) is 1.72. The van der Waals surface area contributed by atoms with Crippen LogP contribution in [0.1, 0.15) is 198 Å². The highest BCUT2D eigenvalue weighted by Crippen LogP contribution is 2.58. The molecule has 2 aromatic carbocycles. The molecule has 0 N–H and O–H groups in total. The van der Waals surface area contributed by atoms with Crippen LogP contribution in [0.2, 0.25) is 0 Å². The fourth-order valence-electron chi connectivity index (χ4n) is 10.00. The fourth-order valence-corrected chi connectivity index (χ4v) is 10.00. The van der Waals surface area contributed by atoms with E-state index in [1.165, 1.54) is 42.1 Å². The van der Waals surface area contributed by atoms with Crippen molar-refractivity contribution in [1.29, 1.82) is 0 Å². The second kappa shape index (κ2) is 57.2. The van der Waals surface area contributed by atoms with E-state index < -0.39 is 11.9 Å². The van der Waals surface area contributed by atoms with Crippen LogP contribution in [0.3, 0.4) is 0 Å². The van der Waals surface area contributed by atoms with Crippen LogP contribution in [0.4, 0.5) is 0 Å². The highest BCUT2D eigenvalue weighted by Gasteiger charge is 2.48. The lowest BCUT2D eigenvalue weighted by Gasteiger charge is -2.26. The van der Waals surface area contributed by atoms with Gasteiger partial charge in [0.25, 0.3) is 0 Å². The van der Waals surface area contributed by atoms with Gasteiger partial charge in [0.15, 0.2) is 26.0 Å². The van der Waals surface area contributed by atoms with Gasteiger partial charge >= 0.3 is 35.8 Å². The molecule has 0 spiro atoms. The van der Waals surface area contributed by atoms with Gasteiger partial charge in [-0.15, -0.1) is 0 Å². The maximum Gasteiger partial charge on any atom is 0.335 e. The monoisotopic (exact) mass is 1440 g/mol. The maximum absolute atomic E-state index is 11.6. The van der Waals surface area contributed by atoms with Gasteiger partial charge in [0, 0.05) is 38.9 Å². The van der Waals surface area contributed by atoms with Gasteiger partial charge in [0.1, 0.15) is 31.3 Å². The molecule has 3 fully saturated rings. The lowest BCUT2D eigenvalue weighted by Crippen LogP contribution is -2.19. The summed E-state index contributed by atoms with van der Waals surface area (Å²) in [6, 6.07) is 15.8. The number of hydrogen-bond acceptors (Lipinski definition) is 19. The molecule has 3 aliphatic rings. The molecule has 3 aliphatic carbocycles. The molecule has 0 aromatic heterocycles. The van der Waals surface area contributed by atoms with Crippen molar-refractivity contribution in [2.24, 2.45) is 23.7 Å². The summed E-state index contributed by atoms with van der Waals surface area (Å²) in [5.41, 5.74) is 7.88. The third-order valence-corrected chi connectivity index (χ3v) is 15.6. The second-order valence-corrected chi connectivity index (χ2v) is 26.6. The number of fused-ring (bicyclic) bond motifs is 5. The van der Waals surface area contributed by atoms with Crippen molar-refractivity contribution in [2.45, 2.75) is 192 Å². The van der Waals surface area contributed by atoms with Gasteiger partial charge in [-0.25, -0.2) is 38.5 Å². The van der Waals surface area contributed by atoms with Crippen LogP contribution in [0.5, 0.6) is 11.5 Å². The molecule has 4 unspecified atom stereocenters. The van der Waals surface area contributed by atoms with Gasteiger partial charge in [-0.05, 0) is 193 Å². The van der Waals surface area contributed by atoms with Crippen LogP contribution in [0.15, 0.2) is 170 Å². The van der Waals surface area contributed by atoms with Gasteiger partial charge in [0.05, 0.1) is 39.6 Å². The summed E-state index contributed by atoms with van der Waals surface area (Å²) < 4.78 is 50.0. The zero-order chi connectivity index (χ0) is 78.5. The Hall–Kier alpha value is -8.23. The molecule has 103 heavy (non-hydrogen) atoms. The molecule has 2 aromatic rings. The first-order valence-electron chi connectivity index (χ1n) is 35.5. The minimum absolute atomic E-state index is 0.00954. The number of benzene rings is 2. The molecule has 0 amide bonds. The normalized spacial score (nSPS) is 14.5. The van der Waals surface area contributed by atoms with Crippen LogP contribution in [0.25, 0.3) is 0 Å². The Bertz CT molecular complexity index is 2940. The van der Waals surface area contributed by atoms with Crippen molar-refractivity contribution >= 4 is 41.6 Å². The van der Waals surface area contributed by atoms with Crippen LogP contribution < -0.4 is 9.47 Å². The summed E-state index contributed by atoms with van der Waals surface area (Å²) in [6.45, 7) is 63.8. The molecule has 0 saturated heterocycles. The molecular formula is C84H126O19. The molecule has 576 valence electrons. The highest BCUT2D eigenvalue weighted by atomic mass is 17.2. The second-order valence-electron chi connectivity index (χ2n) is 26.6. The Morgan fingerprint density at radius 1 is 0.369 bits per heavy atom. The molecular weight excluding hydrogens is 1310 g/mol. The third kappa shape index (κ3) is 48.4. The predicted molar refractivity (Wildman–Crippen MR) is 409 cm³/mol. The number of ether oxygens (including phenoxy) is 10. The number of carbonyl (C=O) groups excluding carboxylic acids is 7. The molecule has 2 bridgehead atoms. The highest BCUT2D eigenvalue weighted by molar-refractivity contribution is 5.95. The summed E-state index contributed by atoms with van der Waals surface area (Å²) in [5.74, 6) is 4.05. The van der Waals surface area contributed by atoms with Crippen molar-refractivity contribution in [3.8, 4) is 11.5 Å². The summed E-state index contributed by atoms with van der Waals surface area (Å²) in [7, 11) is 0. The number of carbonyl (C=O) groups is 7. The van der Waals surface area contributed by atoms with Gasteiger partial charge in [-0.2, -0.15) is 0 Å². The van der Waals surface area contributed by atoms with E-state index in [1.807, 2.05) is 57.2 Å². The van der Waals surface area contributed by atoms with Crippen LogP contribution >= 0.6 is 0 Å². The van der Waals surface area contributed by atoms with Crippen molar-refractivity contribution in [3.63, 3.8) is 0 Å². The molecule has 0 radical (unpaired) electrons. The number of ketones is 1. The molecule has 0 heterocycles. The van der Waals surface area contributed by atoms with E-state index in [9.17, 15) is 33.6 Å². The minimum atomic E-state index is -0.434. The number of Topliss-reactive ketones (excluding diaryl/α,β-unsaturated/α-hetero) is 1. The fraction of sp³-hybridized carbons (Fsp3) is 0.536. The summed E-state index contributed by atoms with van der Waals surface area (Å²) in [4.78, 5) is 85.8. The van der Waals surface area contributed by atoms with Crippen LogP contribution in [0, 0.1) is 23.7 Å². The Labute approximate surface area is 617 Å². The van der Waals surface area contributed by atoms with Crippen LogP contribution in [-0.4, -0.2) is 121 Å². The van der Waals surface area contributed by atoms with E-state index in [1.54, 1.807) is 101 Å². The van der Waals surface area contributed by atoms with Gasteiger partial charge < -0.3 is 47.4 Å². The Balaban J connectivity index is 0.